The average molecular weight is 277 g/mol. The van der Waals surface area contributed by atoms with E-state index >= 15 is 0 Å². The molecule has 0 aliphatic rings. The predicted octanol–water partition coefficient (Wildman–Crippen LogP) is 3.83. The van der Waals surface area contributed by atoms with Crippen LogP contribution in [0, 0.1) is 20.8 Å². The Morgan fingerprint density at radius 3 is 2.06 bits per heavy atom. The quantitative estimate of drug-likeness (QED) is 0.791. The molecule has 1 aromatic carbocycles. The summed E-state index contributed by atoms with van der Waals surface area (Å²) < 4.78 is 1.16. The van der Waals surface area contributed by atoms with E-state index in [1.54, 1.807) is 0 Å². The molecule has 0 N–H and O–H groups in total. The molecule has 1 aromatic heterocycles. The van der Waals surface area contributed by atoms with E-state index in [0.717, 1.165) is 21.4 Å². The third kappa shape index (κ3) is 2.14. The number of halogens is 1. The summed E-state index contributed by atoms with van der Waals surface area (Å²) >= 11 is 3.56. The normalized spacial score (nSPS) is 10.5. The van der Waals surface area contributed by atoms with Crippen LogP contribution < -0.4 is 0 Å². The van der Waals surface area contributed by atoms with Crippen LogP contribution in [-0.4, -0.2) is 10.2 Å². The van der Waals surface area contributed by atoms with Crippen molar-refractivity contribution in [3.63, 3.8) is 0 Å². The minimum Gasteiger partial charge on any atom is -0.155 e. The van der Waals surface area contributed by atoms with Gasteiger partial charge in [0.05, 0.1) is 11.4 Å². The van der Waals surface area contributed by atoms with Crippen molar-refractivity contribution in [3.05, 3.63) is 45.6 Å². The van der Waals surface area contributed by atoms with Gasteiger partial charge in [0.25, 0.3) is 0 Å². The Morgan fingerprint density at radius 1 is 0.938 bits per heavy atom. The van der Waals surface area contributed by atoms with Crippen molar-refractivity contribution in [2.75, 3.05) is 0 Å². The van der Waals surface area contributed by atoms with E-state index in [1.807, 2.05) is 19.1 Å². The highest BCUT2D eigenvalue weighted by Crippen LogP contribution is 2.27. The first kappa shape index (κ1) is 11.3. The van der Waals surface area contributed by atoms with E-state index in [-0.39, 0.29) is 0 Å². The first-order valence-corrected chi connectivity index (χ1v) is 5.94. The molecule has 0 amide bonds. The molecule has 0 unspecified atom stereocenters. The minimum absolute atomic E-state index is 0.921. The summed E-state index contributed by atoms with van der Waals surface area (Å²) in [6, 6.07) is 8.23. The third-order valence-corrected chi connectivity index (χ3v) is 3.78. The Morgan fingerprint density at radius 2 is 1.56 bits per heavy atom. The molecule has 2 aromatic rings. The molecule has 0 saturated carbocycles. The second-order valence-corrected chi connectivity index (χ2v) is 4.78. The molecular weight excluding hydrogens is 264 g/mol. The fourth-order valence-electron chi connectivity index (χ4n) is 1.65. The van der Waals surface area contributed by atoms with Gasteiger partial charge in [0.1, 0.15) is 0 Å². The smallest absolute Gasteiger partial charge is 0.0930 e. The molecule has 0 aliphatic heterocycles. The van der Waals surface area contributed by atoms with Crippen LogP contribution in [0.3, 0.4) is 0 Å². The molecule has 2 rings (SSSR count). The van der Waals surface area contributed by atoms with Crippen molar-refractivity contribution in [1.82, 2.24) is 10.2 Å². The van der Waals surface area contributed by atoms with Crippen molar-refractivity contribution >= 4 is 15.9 Å². The fourth-order valence-corrected chi connectivity index (χ4v) is 1.88. The molecule has 1 heterocycles. The van der Waals surface area contributed by atoms with Crippen LogP contribution in [0.15, 0.2) is 28.7 Å². The van der Waals surface area contributed by atoms with Crippen LogP contribution in [0.1, 0.15) is 16.8 Å². The monoisotopic (exact) mass is 276 g/mol. The zero-order valence-electron chi connectivity index (χ0n) is 9.58. The van der Waals surface area contributed by atoms with Crippen LogP contribution in [0.25, 0.3) is 11.3 Å². The second-order valence-electron chi connectivity index (χ2n) is 3.98. The van der Waals surface area contributed by atoms with Crippen molar-refractivity contribution < 1.29 is 0 Å². The molecule has 0 atom stereocenters. The molecule has 2 nitrogen and oxygen atoms in total. The van der Waals surface area contributed by atoms with Gasteiger partial charge in [0.2, 0.25) is 0 Å². The number of rotatable bonds is 1. The van der Waals surface area contributed by atoms with Gasteiger partial charge in [-0.25, -0.2) is 0 Å². The molecule has 82 valence electrons. The van der Waals surface area contributed by atoms with Crippen LogP contribution in [0.2, 0.25) is 0 Å². The van der Waals surface area contributed by atoms with Gasteiger partial charge in [0.15, 0.2) is 0 Å². The third-order valence-electron chi connectivity index (χ3n) is 2.53. The Bertz CT molecular complexity index is 495. The van der Waals surface area contributed by atoms with Crippen molar-refractivity contribution in [2.45, 2.75) is 20.8 Å². The lowest BCUT2D eigenvalue weighted by Crippen LogP contribution is -1.91. The van der Waals surface area contributed by atoms with E-state index < -0.39 is 0 Å². The number of hydrogen-bond donors (Lipinski definition) is 0. The van der Waals surface area contributed by atoms with E-state index in [0.29, 0.717) is 0 Å². The zero-order chi connectivity index (χ0) is 11.7. The highest BCUT2D eigenvalue weighted by Gasteiger charge is 2.05. The van der Waals surface area contributed by atoms with Crippen molar-refractivity contribution in [2.24, 2.45) is 0 Å². The van der Waals surface area contributed by atoms with E-state index in [1.165, 1.54) is 11.1 Å². The summed E-state index contributed by atoms with van der Waals surface area (Å²) in [4.78, 5) is 0. The Hall–Kier alpha value is -1.22. The van der Waals surface area contributed by atoms with Crippen molar-refractivity contribution in [3.8, 4) is 11.3 Å². The SMILES string of the molecule is Cc1ccc(-c2cc(C)c(Br)c(C)c2)nn1. The van der Waals surface area contributed by atoms with Crippen LogP contribution in [-0.2, 0) is 0 Å². The molecule has 0 fully saturated rings. The summed E-state index contributed by atoms with van der Waals surface area (Å²) in [5.74, 6) is 0. The van der Waals surface area contributed by atoms with Gasteiger partial charge in [-0.3, -0.25) is 0 Å². The molecule has 0 radical (unpaired) electrons. The van der Waals surface area contributed by atoms with Gasteiger partial charge in [-0.2, -0.15) is 10.2 Å². The van der Waals surface area contributed by atoms with Crippen LogP contribution in [0.5, 0.6) is 0 Å². The zero-order valence-corrected chi connectivity index (χ0v) is 11.2. The van der Waals surface area contributed by atoms with Gasteiger partial charge >= 0.3 is 0 Å². The van der Waals surface area contributed by atoms with E-state index in [9.17, 15) is 0 Å². The Kier molecular flexibility index (Phi) is 3.06. The molecule has 16 heavy (non-hydrogen) atoms. The largest absolute Gasteiger partial charge is 0.155 e. The molecular formula is C13H13BrN2. The average Bonchev–Trinajstić information content (AvgIpc) is 2.26. The standard InChI is InChI=1S/C13H13BrN2/c1-8-6-11(7-9(2)13(8)14)12-5-4-10(3)15-16-12/h4-7H,1-3H3. The number of nitrogens with zero attached hydrogens (tertiary/aromatic N) is 2. The lowest BCUT2D eigenvalue weighted by atomic mass is 10.0. The number of aryl methyl sites for hydroxylation is 3. The lowest BCUT2D eigenvalue weighted by Gasteiger charge is -2.07. The molecule has 0 spiro atoms. The van der Waals surface area contributed by atoms with E-state index in [4.69, 9.17) is 0 Å². The molecule has 0 saturated heterocycles. The fraction of sp³-hybridized carbons (Fsp3) is 0.231. The second kappa shape index (κ2) is 4.34. The van der Waals surface area contributed by atoms with Crippen LogP contribution in [0.4, 0.5) is 0 Å². The van der Waals surface area contributed by atoms with Crippen molar-refractivity contribution in [1.29, 1.82) is 0 Å². The first-order valence-electron chi connectivity index (χ1n) is 5.15. The predicted molar refractivity (Wildman–Crippen MR) is 69.4 cm³/mol. The van der Waals surface area contributed by atoms with Gasteiger partial charge < -0.3 is 0 Å². The number of hydrogen-bond acceptors (Lipinski definition) is 2. The van der Waals surface area contributed by atoms with Gasteiger partial charge in [-0.05, 0) is 56.2 Å². The summed E-state index contributed by atoms with van der Waals surface area (Å²) in [7, 11) is 0. The summed E-state index contributed by atoms with van der Waals surface area (Å²) in [6.45, 7) is 6.11. The highest BCUT2D eigenvalue weighted by atomic mass is 79.9. The topological polar surface area (TPSA) is 25.8 Å². The Labute approximate surface area is 104 Å². The van der Waals surface area contributed by atoms with Gasteiger partial charge in [-0.1, -0.05) is 15.9 Å². The lowest BCUT2D eigenvalue weighted by molar-refractivity contribution is 0.986. The Balaban J connectivity index is 2.52. The van der Waals surface area contributed by atoms with Gasteiger partial charge in [-0.15, -0.1) is 0 Å². The molecule has 3 heteroatoms. The number of benzene rings is 1. The first-order chi connectivity index (χ1) is 7.58. The maximum atomic E-state index is 4.20. The van der Waals surface area contributed by atoms with Crippen LogP contribution >= 0.6 is 15.9 Å². The molecule has 0 aliphatic carbocycles. The highest BCUT2D eigenvalue weighted by molar-refractivity contribution is 9.10. The summed E-state index contributed by atoms with van der Waals surface area (Å²) in [6.07, 6.45) is 0. The van der Waals surface area contributed by atoms with Gasteiger partial charge in [0, 0.05) is 10.0 Å². The minimum atomic E-state index is 0.921. The maximum Gasteiger partial charge on any atom is 0.0930 e. The molecule has 0 bridgehead atoms. The summed E-state index contributed by atoms with van der Waals surface area (Å²) in [5, 5.41) is 8.27. The number of aromatic nitrogens is 2. The summed E-state index contributed by atoms with van der Waals surface area (Å²) in [5.41, 5.74) is 5.42. The van der Waals surface area contributed by atoms with E-state index in [2.05, 4.69) is 52.1 Å². The maximum absolute atomic E-state index is 4.20.